The Kier molecular flexibility index (Phi) is 26.2. The van der Waals surface area contributed by atoms with Crippen LogP contribution in [0.5, 0.6) is 0 Å². The molecule has 14 amide bonds. The molecule has 450 valence electrons. The summed E-state index contributed by atoms with van der Waals surface area (Å²) in [6.07, 6.45) is 0.0511. The highest BCUT2D eigenvalue weighted by atomic mass is 16.4. The van der Waals surface area contributed by atoms with Crippen molar-refractivity contribution in [1.82, 2.24) is 68.7 Å². The summed E-state index contributed by atoms with van der Waals surface area (Å²) in [6, 6.07) is -10.8. The Labute approximate surface area is 465 Å². The van der Waals surface area contributed by atoms with Gasteiger partial charge in [-0.2, -0.15) is 0 Å². The molecule has 0 unspecified atom stereocenters. The molecule has 0 bridgehead atoms. The number of nitrogens with zero attached hydrogens (tertiary/aromatic N) is 1. The van der Waals surface area contributed by atoms with Gasteiger partial charge in [-0.15, -0.1) is 0 Å². The maximum atomic E-state index is 13.8. The lowest BCUT2D eigenvalue weighted by Gasteiger charge is -2.32. The number of carboxylic acids is 1. The smallest absolute Gasteiger partial charge is 0.305 e. The van der Waals surface area contributed by atoms with Gasteiger partial charge in [-0.3, -0.25) is 71.9 Å². The number of primary amides is 1. The minimum Gasteiger partial charge on any atom is -0.481 e. The number of carboxylic acid groups (broad SMARTS) is 1. The first-order valence-electron chi connectivity index (χ1n) is 26.0. The second-order valence-electron chi connectivity index (χ2n) is 22.1. The quantitative estimate of drug-likeness (QED) is 0.0334. The van der Waals surface area contributed by atoms with Crippen LogP contribution >= 0.6 is 0 Å². The molecule has 1 fully saturated rings. The van der Waals surface area contributed by atoms with Crippen molar-refractivity contribution < 1.29 is 77.0 Å². The van der Waals surface area contributed by atoms with Gasteiger partial charge < -0.3 is 79.5 Å². The summed E-state index contributed by atoms with van der Waals surface area (Å²) in [6.45, 7) is 21.8. The van der Waals surface area contributed by atoms with E-state index in [1.165, 1.54) is 81.1 Å². The maximum Gasteiger partial charge on any atom is 0.305 e. The van der Waals surface area contributed by atoms with Gasteiger partial charge in [0.15, 0.2) is 0 Å². The molecule has 15 N–H and O–H groups in total. The van der Waals surface area contributed by atoms with Crippen LogP contribution < -0.4 is 69.5 Å². The van der Waals surface area contributed by atoms with Crippen molar-refractivity contribution in [2.45, 2.75) is 201 Å². The van der Waals surface area contributed by atoms with E-state index < -0.39 is 179 Å². The summed E-state index contributed by atoms with van der Waals surface area (Å²) in [5.74, 6) is -13.1. The Morgan fingerprint density at radius 2 is 0.912 bits per heavy atom. The zero-order valence-corrected chi connectivity index (χ0v) is 48.5. The van der Waals surface area contributed by atoms with Crippen LogP contribution in [0.4, 0.5) is 0 Å². The Morgan fingerprint density at radius 1 is 0.512 bits per heavy atom. The number of carbonyl (C=O) groups is 15. The Bertz CT molecular complexity index is 2370. The summed E-state index contributed by atoms with van der Waals surface area (Å²) in [7, 11) is 0. The van der Waals surface area contributed by atoms with Crippen LogP contribution in [0.2, 0.25) is 0 Å². The second-order valence-corrected chi connectivity index (χ2v) is 22.1. The van der Waals surface area contributed by atoms with E-state index in [-0.39, 0.29) is 12.5 Å². The lowest BCUT2D eigenvalue weighted by molar-refractivity contribution is -0.143. The summed E-state index contributed by atoms with van der Waals surface area (Å²) >= 11 is 0. The molecule has 30 heteroatoms. The monoisotopic (exact) mass is 1140 g/mol. The van der Waals surface area contributed by atoms with E-state index in [4.69, 9.17) is 10.8 Å². The molecule has 80 heavy (non-hydrogen) atoms. The molecular formula is C50H84N14O16. The Hall–Kier alpha value is -7.95. The van der Waals surface area contributed by atoms with Crippen molar-refractivity contribution in [3.63, 3.8) is 0 Å². The molecule has 1 saturated heterocycles. The Balaban J connectivity index is 2.75. The van der Waals surface area contributed by atoms with Crippen LogP contribution in [0.3, 0.4) is 0 Å². The predicted octanol–water partition coefficient (Wildman–Crippen LogP) is -4.95. The van der Waals surface area contributed by atoms with Crippen LogP contribution in [0.1, 0.15) is 130 Å². The number of nitrogens with two attached hydrogens (primary N) is 1. The first-order chi connectivity index (χ1) is 36.6. The molecule has 1 rings (SSSR count). The number of nitrogens with one attached hydrogen (secondary N) is 12. The van der Waals surface area contributed by atoms with Crippen LogP contribution in [-0.4, -0.2) is 183 Å². The number of hydrogen-bond acceptors (Lipinski definition) is 15. The molecular weight excluding hydrogens is 1050 g/mol. The van der Waals surface area contributed by atoms with E-state index in [1.807, 2.05) is 0 Å². The fourth-order valence-corrected chi connectivity index (χ4v) is 7.55. The lowest BCUT2D eigenvalue weighted by Crippen LogP contribution is -2.63. The Morgan fingerprint density at radius 3 is 1.32 bits per heavy atom. The van der Waals surface area contributed by atoms with Crippen molar-refractivity contribution in [2.24, 2.45) is 17.6 Å². The molecule has 0 saturated carbocycles. The summed E-state index contributed by atoms with van der Waals surface area (Å²) in [5, 5.41) is 38.1. The third kappa shape index (κ3) is 21.7. The summed E-state index contributed by atoms with van der Waals surface area (Å²) in [4.78, 5) is 194. The molecule has 1 heterocycles. The van der Waals surface area contributed by atoms with Crippen molar-refractivity contribution in [1.29, 1.82) is 0 Å². The fraction of sp³-hybridized carbons (Fsp3) is 0.700. The van der Waals surface area contributed by atoms with Gasteiger partial charge in [0.25, 0.3) is 0 Å². The normalized spacial score (nSPS) is 16.5. The standard InChI is InChI=1S/C50H84N14O16/c1-22(2)34(36(51)69)59-43(76)31-18-17-19-64(31)44(77)35(23(3)4)60-39(72)26(7)57-45(78)48(11,12)61-32(66)21-52-37(70)24(5)55-46(79)49(13,14)62-40(73)27(8)53-38(71)25(6)56-47(80)50(15,16)63-41(74)28(9)54-42(75)30(20-33(67)68)58-29(10)65/h22-28,30-31,34-35H,17-21H2,1-16H3,(H2,51,69)(H,52,70)(H,53,71)(H,54,75)(H,55,79)(H,56,80)(H,57,78)(H,58,65)(H,59,76)(H,60,72)(H,61,66)(H,62,73)(H,63,74)(H,67,68)/t24-,25-,26-,27-,28-,30-,31-,34-,35-/m0/s1. The van der Waals surface area contributed by atoms with Crippen molar-refractivity contribution in [3.05, 3.63) is 0 Å². The number of aliphatic carboxylic acids is 1. The lowest BCUT2D eigenvalue weighted by atomic mass is 10.0. The predicted molar refractivity (Wildman–Crippen MR) is 285 cm³/mol. The van der Waals surface area contributed by atoms with Gasteiger partial charge in [0.05, 0.1) is 13.0 Å². The van der Waals surface area contributed by atoms with Gasteiger partial charge in [-0.25, -0.2) is 0 Å². The highest BCUT2D eigenvalue weighted by Gasteiger charge is 2.42. The zero-order valence-electron chi connectivity index (χ0n) is 48.5. The summed E-state index contributed by atoms with van der Waals surface area (Å²) in [5.41, 5.74) is 0.422. The maximum absolute atomic E-state index is 13.8. The molecule has 0 radical (unpaired) electrons. The highest BCUT2D eigenvalue weighted by Crippen LogP contribution is 2.21. The van der Waals surface area contributed by atoms with Gasteiger partial charge in [0.1, 0.15) is 71.0 Å². The first-order valence-corrected chi connectivity index (χ1v) is 26.0. The molecule has 0 aromatic heterocycles. The van der Waals surface area contributed by atoms with Gasteiger partial charge in [0.2, 0.25) is 82.7 Å². The number of hydrogen-bond donors (Lipinski definition) is 14. The number of rotatable bonds is 29. The topological polar surface area (TPSA) is 450 Å². The second kappa shape index (κ2) is 29.9. The number of likely N-dealkylation sites (tertiary alicyclic amines) is 1. The van der Waals surface area contributed by atoms with E-state index in [1.54, 1.807) is 27.7 Å². The average Bonchev–Trinajstić information content (AvgIpc) is 3.82. The summed E-state index contributed by atoms with van der Waals surface area (Å²) < 4.78 is 0. The van der Waals surface area contributed by atoms with E-state index >= 15 is 0 Å². The van der Waals surface area contributed by atoms with Gasteiger partial charge >= 0.3 is 5.97 Å². The molecule has 1 aliphatic heterocycles. The van der Waals surface area contributed by atoms with E-state index in [0.717, 1.165) is 6.92 Å². The van der Waals surface area contributed by atoms with Gasteiger partial charge in [-0.1, -0.05) is 27.7 Å². The van der Waals surface area contributed by atoms with Crippen molar-refractivity contribution >= 4 is 88.7 Å². The highest BCUT2D eigenvalue weighted by molar-refractivity contribution is 6.01. The molecule has 30 nitrogen and oxygen atoms in total. The number of carbonyl (C=O) groups excluding carboxylic acids is 14. The van der Waals surface area contributed by atoms with Crippen molar-refractivity contribution in [2.75, 3.05) is 13.1 Å². The van der Waals surface area contributed by atoms with Crippen LogP contribution in [0.15, 0.2) is 0 Å². The van der Waals surface area contributed by atoms with E-state index in [0.29, 0.717) is 12.8 Å². The molecule has 9 atom stereocenters. The molecule has 1 aliphatic rings. The number of amides is 14. The molecule has 0 spiro atoms. The van der Waals surface area contributed by atoms with Crippen LogP contribution in [0.25, 0.3) is 0 Å². The van der Waals surface area contributed by atoms with E-state index in [2.05, 4.69) is 63.8 Å². The third-order valence-corrected chi connectivity index (χ3v) is 12.6. The third-order valence-electron chi connectivity index (χ3n) is 12.6. The van der Waals surface area contributed by atoms with Crippen molar-refractivity contribution in [3.8, 4) is 0 Å². The first kappa shape index (κ1) is 70.1. The minimum atomic E-state index is -1.70. The van der Waals surface area contributed by atoms with Crippen LogP contribution in [-0.2, 0) is 71.9 Å². The zero-order chi connectivity index (χ0) is 62.1. The molecule has 0 aromatic rings. The minimum absolute atomic E-state index is 0.221. The molecule has 0 aliphatic carbocycles. The largest absolute Gasteiger partial charge is 0.481 e. The SMILES string of the molecule is CC(=O)N[C@@H](CC(=O)O)C(=O)N[C@@H](C)C(=O)NC(C)(C)C(=O)N[C@@H](C)C(=O)N[C@@H](C)C(=O)NC(C)(C)C(=O)N[C@@H](C)C(=O)NCC(=O)NC(C)(C)C(=O)N[C@@H](C)C(=O)N[C@H](C(=O)N1CCC[C@H]1C(=O)N[C@H](C(N)=O)C(C)C)C(C)C. The van der Waals surface area contributed by atoms with E-state index in [9.17, 15) is 71.9 Å². The van der Waals surface area contributed by atoms with Gasteiger partial charge in [0, 0.05) is 13.5 Å². The molecule has 0 aromatic carbocycles. The average molecular weight is 1140 g/mol. The van der Waals surface area contributed by atoms with Crippen LogP contribution in [0, 0.1) is 11.8 Å². The van der Waals surface area contributed by atoms with Gasteiger partial charge in [-0.05, 0) is 101 Å². The fourth-order valence-electron chi connectivity index (χ4n) is 7.55.